The molecule has 0 saturated carbocycles. The number of nitrogens with one attached hydrogen (secondary N) is 1. The van der Waals surface area contributed by atoms with E-state index < -0.39 is 0 Å². The molecule has 0 atom stereocenters. The Kier molecular flexibility index (Phi) is 4.22. The van der Waals surface area contributed by atoms with Crippen molar-refractivity contribution in [1.29, 1.82) is 0 Å². The van der Waals surface area contributed by atoms with Gasteiger partial charge in [-0.05, 0) is 19.4 Å². The number of rotatable bonds is 4. The van der Waals surface area contributed by atoms with E-state index in [0.717, 1.165) is 5.56 Å². The summed E-state index contributed by atoms with van der Waals surface area (Å²) in [6.07, 6.45) is 1.59. The normalized spacial score (nSPS) is 10.7. The minimum atomic E-state index is -0.269. The first-order valence-corrected chi connectivity index (χ1v) is 6.52. The Hall–Kier alpha value is -1.81. The van der Waals surface area contributed by atoms with Crippen LogP contribution in [0.3, 0.4) is 0 Å². The zero-order valence-corrected chi connectivity index (χ0v) is 11.7. The molecule has 100 valence electrons. The Bertz CT molecular complexity index is 608. The summed E-state index contributed by atoms with van der Waals surface area (Å²) in [5.41, 5.74) is 1.41. The topological polar surface area (TPSA) is 46.9 Å². The molecule has 0 unspecified atom stereocenters. The fraction of sp³-hybridized carbons (Fsp3) is 0.286. The van der Waals surface area contributed by atoms with Crippen LogP contribution in [-0.4, -0.2) is 9.78 Å². The van der Waals surface area contributed by atoms with Crippen LogP contribution in [0.1, 0.15) is 25.5 Å². The number of hydrogen-bond acceptors (Lipinski definition) is 3. The van der Waals surface area contributed by atoms with Crippen LogP contribution >= 0.6 is 11.6 Å². The van der Waals surface area contributed by atoms with Crippen molar-refractivity contribution in [3.05, 3.63) is 57.5 Å². The predicted octanol–water partition coefficient (Wildman–Crippen LogP) is 3.09. The summed E-state index contributed by atoms with van der Waals surface area (Å²) in [5, 5.41) is 7.42. The van der Waals surface area contributed by atoms with Crippen LogP contribution in [0.15, 0.2) is 41.3 Å². The van der Waals surface area contributed by atoms with E-state index in [1.165, 1.54) is 4.68 Å². The summed E-state index contributed by atoms with van der Waals surface area (Å²) >= 11 is 6.07. The van der Waals surface area contributed by atoms with Gasteiger partial charge in [-0.2, -0.15) is 5.10 Å². The standard InChI is InChI=1S/C14H16ClN3O/c1-10(2)18-14(19)13(15)12(9-17-18)16-8-11-6-4-3-5-7-11/h3-7,9-10,16H,8H2,1-2H3. The van der Waals surface area contributed by atoms with Gasteiger partial charge in [0, 0.05) is 6.54 Å². The zero-order valence-electron chi connectivity index (χ0n) is 10.9. The molecule has 0 saturated heterocycles. The molecule has 2 aromatic rings. The fourth-order valence-corrected chi connectivity index (χ4v) is 1.93. The molecule has 1 aromatic heterocycles. The van der Waals surface area contributed by atoms with Crippen molar-refractivity contribution in [1.82, 2.24) is 9.78 Å². The van der Waals surface area contributed by atoms with E-state index in [-0.39, 0.29) is 16.6 Å². The van der Waals surface area contributed by atoms with Gasteiger partial charge in [-0.1, -0.05) is 41.9 Å². The molecule has 0 aliphatic carbocycles. The SMILES string of the molecule is CC(C)n1ncc(NCc2ccccc2)c(Cl)c1=O. The quantitative estimate of drug-likeness (QED) is 0.934. The van der Waals surface area contributed by atoms with E-state index in [1.807, 2.05) is 44.2 Å². The maximum Gasteiger partial charge on any atom is 0.287 e. The molecule has 1 aromatic carbocycles. The molecule has 0 spiro atoms. The van der Waals surface area contributed by atoms with E-state index >= 15 is 0 Å². The minimum absolute atomic E-state index is 0.00632. The van der Waals surface area contributed by atoms with Crippen LogP contribution < -0.4 is 10.9 Å². The number of aromatic nitrogens is 2. The molecule has 0 fully saturated rings. The molecule has 1 N–H and O–H groups in total. The minimum Gasteiger partial charge on any atom is -0.378 e. The first-order valence-electron chi connectivity index (χ1n) is 6.14. The Balaban J connectivity index is 2.18. The van der Waals surface area contributed by atoms with Gasteiger partial charge in [0.05, 0.1) is 17.9 Å². The lowest BCUT2D eigenvalue weighted by molar-refractivity contribution is 0.503. The molecule has 0 amide bonds. The maximum absolute atomic E-state index is 12.0. The van der Waals surface area contributed by atoms with Crippen molar-refractivity contribution in [2.24, 2.45) is 0 Å². The Morgan fingerprint density at radius 1 is 1.32 bits per heavy atom. The third-order valence-electron chi connectivity index (χ3n) is 2.76. The van der Waals surface area contributed by atoms with Crippen molar-refractivity contribution < 1.29 is 0 Å². The van der Waals surface area contributed by atoms with Gasteiger partial charge < -0.3 is 5.32 Å². The first-order chi connectivity index (χ1) is 9.09. The second-order valence-electron chi connectivity index (χ2n) is 4.55. The summed E-state index contributed by atoms with van der Waals surface area (Å²) in [4.78, 5) is 12.0. The maximum atomic E-state index is 12.0. The summed E-state index contributed by atoms with van der Waals surface area (Å²) in [6.45, 7) is 4.39. The van der Waals surface area contributed by atoms with Gasteiger partial charge >= 0.3 is 0 Å². The third-order valence-corrected chi connectivity index (χ3v) is 3.12. The van der Waals surface area contributed by atoms with Gasteiger partial charge in [0.25, 0.3) is 5.56 Å². The highest BCUT2D eigenvalue weighted by Gasteiger charge is 2.10. The smallest absolute Gasteiger partial charge is 0.287 e. The molecule has 19 heavy (non-hydrogen) atoms. The number of halogens is 1. The van der Waals surface area contributed by atoms with Crippen molar-refractivity contribution in [3.63, 3.8) is 0 Å². The fourth-order valence-electron chi connectivity index (χ4n) is 1.73. The van der Waals surface area contributed by atoms with Crippen molar-refractivity contribution in [3.8, 4) is 0 Å². The Morgan fingerprint density at radius 2 is 2.00 bits per heavy atom. The van der Waals surface area contributed by atoms with Crippen molar-refractivity contribution >= 4 is 17.3 Å². The molecule has 4 nitrogen and oxygen atoms in total. The van der Waals surface area contributed by atoms with Gasteiger partial charge in [0.2, 0.25) is 0 Å². The lowest BCUT2D eigenvalue weighted by Crippen LogP contribution is -2.25. The van der Waals surface area contributed by atoms with E-state index in [4.69, 9.17) is 11.6 Å². The van der Waals surface area contributed by atoms with Crippen LogP contribution in [0.4, 0.5) is 5.69 Å². The van der Waals surface area contributed by atoms with Crippen molar-refractivity contribution in [2.75, 3.05) is 5.32 Å². The van der Waals surface area contributed by atoms with Gasteiger partial charge in [-0.15, -0.1) is 0 Å². The highest BCUT2D eigenvalue weighted by atomic mass is 35.5. The highest BCUT2D eigenvalue weighted by molar-refractivity contribution is 6.32. The van der Waals surface area contributed by atoms with E-state index in [9.17, 15) is 4.79 Å². The van der Waals surface area contributed by atoms with E-state index in [0.29, 0.717) is 12.2 Å². The van der Waals surface area contributed by atoms with Gasteiger partial charge in [0.1, 0.15) is 5.02 Å². The second kappa shape index (κ2) is 5.89. The molecule has 5 heteroatoms. The molecule has 2 rings (SSSR count). The summed E-state index contributed by atoms with van der Waals surface area (Å²) < 4.78 is 1.37. The van der Waals surface area contributed by atoms with Crippen LogP contribution in [0.25, 0.3) is 0 Å². The predicted molar refractivity (Wildman–Crippen MR) is 77.7 cm³/mol. The first kappa shape index (κ1) is 13.6. The van der Waals surface area contributed by atoms with Crippen LogP contribution in [0, 0.1) is 0 Å². The third kappa shape index (κ3) is 3.15. The molecule has 0 aliphatic heterocycles. The number of hydrogen-bond donors (Lipinski definition) is 1. The van der Waals surface area contributed by atoms with E-state index in [1.54, 1.807) is 6.20 Å². The average Bonchev–Trinajstić information content (AvgIpc) is 2.41. The zero-order chi connectivity index (χ0) is 13.8. The summed E-state index contributed by atoms with van der Waals surface area (Å²) in [6, 6.07) is 9.89. The lowest BCUT2D eigenvalue weighted by Gasteiger charge is -2.12. The van der Waals surface area contributed by atoms with Gasteiger partial charge in [-0.25, -0.2) is 4.68 Å². The largest absolute Gasteiger partial charge is 0.378 e. The molecule has 0 bridgehead atoms. The van der Waals surface area contributed by atoms with Crippen LogP contribution in [-0.2, 0) is 6.54 Å². The molecule has 1 heterocycles. The molecular formula is C14H16ClN3O. The number of benzene rings is 1. The van der Waals surface area contributed by atoms with Gasteiger partial charge in [0.15, 0.2) is 0 Å². The summed E-state index contributed by atoms with van der Waals surface area (Å²) in [7, 11) is 0. The number of anilines is 1. The Morgan fingerprint density at radius 3 is 2.63 bits per heavy atom. The van der Waals surface area contributed by atoms with Crippen molar-refractivity contribution in [2.45, 2.75) is 26.4 Å². The summed E-state index contributed by atoms with van der Waals surface area (Å²) in [5.74, 6) is 0. The average molecular weight is 278 g/mol. The molecule has 0 aliphatic rings. The van der Waals surface area contributed by atoms with Crippen LogP contribution in [0.5, 0.6) is 0 Å². The van der Waals surface area contributed by atoms with Gasteiger partial charge in [-0.3, -0.25) is 4.79 Å². The molecular weight excluding hydrogens is 262 g/mol. The highest BCUT2D eigenvalue weighted by Crippen LogP contribution is 2.17. The molecule has 0 radical (unpaired) electrons. The Labute approximate surface area is 117 Å². The lowest BCUT2D eigenvalue weighted by atomic mass is 10.2. The number of nitrogens with zero attached hydrogens (tertiary/aromatic N) is 2. The van der Waals surface area contributed by atoms with E-state index in [2.05, 4.69) is 10.4 Å². The van der Waals surface area contributed by atoms with Crippen LogP contribution in [0.2, 0.25) is 5.02 Å². The monoisotopic (exact) mass is 277 g/mol. The second-order valence-corrected chi connectivity index (χ2v) is 4.93.